The summed E-state index contributed by atoms with van der Waals surface area (Å²) in [5.74, 6) is -0.831. The number of nitrogens with zero attached hydrogens (tertiary/aromatic N) is 3. The molecule has 1 N–H and O–H groups in total. The molecule has 2 rings (SSSR count). The number of carbonyl (C=O) groups excluding carboxylic acids is 1. The Balaban J connectivity index is 2.11. The molecule has 0 radical (unpaired) electrons. The van der Waals surface area contributed by atoms with E-state index in [0.717, 1.165) is 0 Å². The highest BCUT2D eigenvalue weighted by Gasteiger charge is 2.29. The van der Waals surface area contributed by atoms with E-state index in [2.05, 4.69) is 10.3 Å². The van der Waals surface area contributed by atoms with Crippen LogP contribution >= 0.6 is 0 Å². The van der Waals surface area contributed by atoms with E-state index >= 15 is 0 Å². The highest BCUT2D eigenvalue weighted by molar-refractivity contribution is 6.09. The van der Waals surface area contributed by atoms with Crippen LogP contribution in [-0.2, 0) is 4.79 Å². The van der Waals surface area contributed by atoms with Gasteiger partial charge in [0.15, 0.2) is 11.4 Å². The molecule has 0 aliphatic heterocycles. The minimum Gasteiger partial charge on any atom is -0.478 e. The van der Waals surface area contributed by atoms with Crippen LogP contribution in [-0.4, -0.2) is 41.6 Å². The second kappa shape index (κ2) is 7.77. The van der Waals surface area contributed by atoms with Gasteiger partial charge in [-0.15, -0.1) is 5.11 Å². The van der Waals surface area contributed by atoms with Crippen LogP contribution in [0.2, 0.25) is 0 Å². The number of ether oxygens (including phenoxy) is 1. The number of carbonyl (C=O) groups is 2. The van der Waals surface area contributed by atoms with Gasteiger partial charge in [0, 0.05) is 25.2 Å². The van der Waals surface area contributed by atoms with Crippen LogP contribution in [0.4, 0.5) is 5.69 Å². The molecule has 0 amide bonds. The van der Waals surface area contributed by atoms with Crippen molar-refractivity contribution in [3.05, 3.63) is 59.7 Å². The van der Waals surface area contributed by atoms with Crippen molar-refractivity contribution >= 4 is 17.4 Å². The maximum atomic E-state index is 12.5. The maximum absolute atomic E-state index is 12.5. The molecule has 0 aliphatic rings. The molecule has 0 fully saturated rings. The Morgan fingerprint density at radius 1 is 0.962 bits per heavy atom. The molecular weight excluding hydrogens is 334 g/mol. The first-order valence-electron chi connectivity index (χ1n) is 7.95. The Morgan fingerprint density at radius 3 is 1.92 bits per heavy atom. The summed E-state index contributed by atoms with van der Waals surface area (Å²) in [7, 11) is 3.54. The summed E-state index contributed by atoms with van der Waals surface area (Å²) in [4.78, 5) is 23.6. The predicted molar refractivity (Wildman–Crippen MR) is 96.9 cm³/mol. The van der Waals surface area contributed by atoms with Crippen molar-refractivity contribution in [2.45, 2.75) is 19.4 Å². The molecule has 0 unspecified atom stereocenters. The summed E-state index contributed by atoms with van der Waals surface area (Å²) in [6, 6.07) is 13.2. The summed E-state index contributed by atoms with van der Waals surface area (Å²) < 4.78 is 5.43. The fraction of sp³-hybridized carbons (Fsp3) is 0.263. The first-order chi connectivity index (χ1) is 12.2. The highest BCUT2D eigenvalue weighted by Crippen LogP contribution is 2.21. The number of hydrogen-bond acceptors (Lipinski definition) is 5. The van der Waals surface area contributed by atoms with Crippen molar-refractivity contribution in [2.24, 2.45) is 10.3 Å². The molecule has 0 heterocycles. The van der Waals surface area contributed by atoms with E-state index in [1.165, 1.54) is 13.8 Å². The summed E-state index contributed by atoms with van der Waals surface area (Å²) in [5, 5.41) is 18.6. The van der Waals surface area contributed by atoms with Crippen LogP contribution in [0, 0.1) is 0 Å². The van der Waals surface area contributed by atoms with Crippen molar-refractivity contribution in [3.63, 3.8) is 0 Å². The van der Waals surface area contributed by atoms with Crippen LogP contribution in [0.15, 0.2) is 58.9 Å². The topological polar surface area (TPSA) is 91.6 Å². The van der Waals surface area contributed by atoms with E-state index in [4.69, 9.17) is 9.84 Å². The van der Waals surface area contributed by atoms with Gasteiger partial charge in [-0.2, -0.15) is 0 Å². The summed E-state index contributed by atoms with van der Waals surface area (Å²) in [6.07, 6.45) is 0. The largest absolute Gasteiger partial charge is 0.478 e. The summed E-state index contributed by atoms with van der Waals surface area (Å²) in [5.41, 5.74) is 0.305. The van der Waals surface area contributed by atoms with E-state index < -0.39 is 11.6 Å². The van der Waals surface area contributed by atoms with E-state index in [-0.39, 0.29) is 5.78 Å². The van der Waals surface area contributed by atoms with Crippen LogP contribution in [0.1, 0.15) is 29.8 Å². The normalized spacial score (nSPS) is 11.4. The van der Waals surface area contributed by atoms with E-state index in [1.54, 1.807) is 67.6 Å². The first kappa shape index (κ1) is 19.1. The Morgan fingerprint density at radius 2 is 1.46 bits per heavy atom. The molecule has 0 aromatic heterocycles. The minimum atomic E-state index is -1.34. The molecule has 0 spiro atoms. The molecule has 2 aromatic rings. The van der Waals surface area contributed by atoms with Gasteiger partial charge in [0.25, 0.3) is 0 Å². The van der Waals surface area contributed by atoms with Crippen molar-refractivity contribution in [1.82, 2.24) is 5.01 Å². The third-order valence-corrected chi connectivity index (χ3v) is 3.47. The average Bonchev–Trinajstić information content (AvgIpc) is 2.60. The SMILES string of the molecule is CN(C)N=Nc1ccc(C(=O)c2ccc(OC(C)(C)C(=O)O)cc2)cc1. The number of carboxylic acid groups (broad SMARTS) is 1. The van der Waals surface area contributed by atoms with E-state index in [0.29, 0.717) is 22.6 Å². The number of benzene rings is 2. The number of rotatable bonds is 7. The molecule has 0 bridgehead atoms. The van der Waals surface area contributed by atoms with Crippen LogP contribution in [0.5, 0.6) is 5.75 Å². The average molecular weight is 355 g/mol. The Labute approximate surface area is 151 Å². The third-order valence-electron chi connectivity index (χ3n) is 3.47. The fourth-order valence-corrected chi connectivity index (χ4v) is 2.00. The fourth-order valence-electron chi connectivity index (χ4n) is 2.00. The van der Waals surface area contributed by atoms with Gasteiger partial charge >= 0.3 is 5.97 Å². The Kier molecular flexibility index (Phi) is 5.71. The molecule has 7 nitrogen and oxygen atoms in total. The van der Waals surface area contributed by atoms with Gasteiger partial charge < -0.3 is 9.84 Å². The zero-order valence-corrected chi connectivity index (χ0v) is 15.1. The van der Waals surface area contributed by atoms with Crippen molar-refractivity contribution < 1.29 is 19.4 Å². The molecule has 0 saturated carbocycles. The smallest absolute Gasteiger partial charge is 0.347 e. The minimum absolute atomic E-state index is 0.148. The van der Waals surface area contributed by atoms with Crippen molar-refractivity contribution in [1.29, 1.82) is 0 Å². The van der Waals surface area contributed by atoms with Gasteiger partial charge in [0.2, 0.25) is 0 Å². The predicted octanol–water partition coefficient (Wildman–Crippen LogP) is 3.72. The quantitative estimate of drug-likeness (QED) is 0.464. The molecule has 26 heavy (non-hydrogen) atoms. The van der Waals surface area contributed by atoms with Crippen molar-refractivity contribution in [3.8, 4) is 5.75 Å². The number of ketones is 1. The lowest BCUT2D eigenvalue weighted by Gasteiger charge is -2.21. The lowest BCUT2D eigenvalue weighted by Crippen LogP contribution is -2.37. The monoisotopic (exact) mass is 355 g/mol. The lowest BCUT2D eigenvalue weighted by atomic mass is 10.0. The molecule has 7 heteroatoms. The highest BCUT2D eigenvalue weighted by atomic mass is 16.5. The van der Waals surface area contributed by atoms with E-state index in [9.17, 15) is 9.59 Å². The second-order valence-electron chi connectivity index (χ2n) is 6.35. The Bertz CT molecular complexity index is 810. The van der Waals surface area contributed by atoms with E-state index in [1.807, 2.05) is 0 Å². The molecular formula is C19H21N3O4. The molecule has 0 atom stereocenters. The van der Waals surface area contributed by atoms with Crippen LogP contribution in [0.25, 0.3) is 0 Å². The van der Waals surface area contributed by atoms with Crippen molar-refractivity contribution in [2.75, 3.05) is 14.1 Å². The van der Waals surface area contributed by atoms with Gasteiger partial charge in [0.05, 0.1) is 5.69 Å². The molecule has 0 aliphatic carbocycles. The van der Waals surface area contributed by atoms with Crippen LogP contribution < -0.4 is 4.74 Å². The zero-order valence-electron chi connectivity index (χ0n) is 15.1. The number of hydrogen-bond donors (Lipinski definition) is 1. The van der Waals surface area contributed by atoms with Gasteiger partial charge in [-0.05, 0) is 62.4 Å². The third kappa shape index (κ3) is 4.89. The summed E-state index contributed by atoms with van der Waals surface area (Å²) in [6.45, 7) is 2.92. The van der Waals surface area contributed by atoms with Gasteiger partial charge in [0.1, 0.15) is 5.75 Å². The molecule has 2 aromatic carbocycles. The lowest BCUT2D eigenvalue weighted by molar-refractivity contribution is -0.152. The second-order valence-corrected chi connectivity index (χ2v) is 6.35. The number of carboxylic acids is 1. The summed E-state index contributed by atoms with van der Waals surface area (Å²) >= 11 is 0. The molecule has 136 valence electrons. The van der Waals surface area contributed by atoms with Crippen LogP contribution in [0.3, 0.4) is 0 Å². The maximum Gasteiger partial charge on any atom is 0.347 e. The first-order valence-corrected chi connectivity index (χ1v) is 7.95. The molecule has 0 saturated heterocycles. The number of aliphatic carboxylic acids is 1. The van der Waals surface area contributed by atoms with Gasteiger partial charge in [-0.1, -0.05) is 5.22 Å². The van der Waals surface area contributed by atoms with Gasteiger partial charge in [-0.25, -0.2) is 4.79 Å². The zero-order chi connectivity index (χ0) is 19.3. The standard InChI is InChI=1S/C19H21N3O4/c1-19(2,18(24)25)26-16-11-7-14(8-12-16)17(23)13-5-9-15(10-6-13)20-21-22(3)4/h5-12H,1-4H3,(H,24,25). The van der Waals surface area contributed by atoms with Gasteiger partial charge in [-0.3, -0.25) is 9.80 Å². The Hall–Kier alpha value is -3.22.